The van der Waals surface area contributed by atoms with E-state index in [-0.39, 0.29) is 10.5 Å². The Hall–Kier alpha value is -1.52. The Bertz CT molecular complexity index is 659. The van der Waals surface area contributed by atoms with Crippen LogP contribution in [0, 0.1) is 0 Å². The molecule has 0 bridgehead atoms. The molecule has 1 saturated heterocycles. The summed E-state index contributed by atoms with van der Waals surface area (Å²) < 4.78 is 37.1. The Kier molecular flexibility index (Phi) is 7.79. The lowest BCUT2D eigenvalue weighted by Crippen LogP contribution is -2.41. The maximum Gasteiger partial charge on any atom is 0.252 e. The third kappa shape index (κ3) is 5.48. The van der Waals surface area contributed by atoms with Gasteiger partial charge in [-0.2, -0.15) is 4.31 Å². The maximum absolute atomic E-state index is 12.8. The predicted octanol–water partition coefficient (Wildman–Crippen LogP) is -0.327. The molecular formula is C16H25N3O5S. The van der Waals surface area contributed by atoms with Gasteiger partial charge in [0.25, 0.3) is 5.91 Å². The lowest BCUT2D eigenvalue weighted by Gasteiger charge is -2.26. The Morgan fingerprint density at radius 1 is 1.20 bits per heavy atom. The molecule has 140 valence electrons. The minimum Gasteiger partial charge on any atom is -0.383 e. The van der Waals surface area contributed by atoms with Crippen LogP contribution in [0.25, 0.3) is 0 Å². The zero-order chi connectivity index (χ0) is 18.1. The SMILES string of the molecule is COCCNCCNC(=O)c1ccccc1S(=O)(=O)N1CCOCC1. The van der Waals surface area contributed by atoms with E-state index in [2.05, 4.69) is 10.6 Å². The summed E-state index contributed by atoms with van der Waals surface area (Å²) in [5, 5.41) is 5.85. The zero-order valence-corrected chi connectivity index (χ0v) is 15.2. The fourth-order valence-corrected chi connectivity index (χ4v) is 4.06. The summed E-state index contributed by atoms with van der Waals surface area (Å²) in [7, 11) is -2.10. The van der Waals surface area contributed by atoms with Crippen LogP contribution in [-0.4, -0.2) is 78.3 Å². The first-order chi connectivity index (χ1) is 12.1. The van der Waals surface area contributed by atoms with E-state index < -0.39 is 15.9 Å². The van der Waals surface area contributed by atoms with Crippen molar-refractivity contribution in [1.29, 1.82) is 0 Å². The number of hydrogen-bond donors (Lipinski definition) is 2. The van der Waals surface area contributed by atoms with Crippen LogP contribution in [0.4, 0.5) is 0 Å². The van der Waals surface area contributed by atoms with Gasteiger partial charge in [0.05, 0.1) is 30.3 Å². The Labute approximate surface area is 148 Å². The summed E-state index contributed by atoms with van der Waals surface area (Å²) in [5.74, 6) is -0.402. The number of carbonyl (C=O) groups is 1. The molecule has 1 aromatic rings. The molecule has 9 heteroatoms. The lowest BCUT2D eigenvalue weighted by atomic mass is 10.2. The second kappa shape index (κ2) is 9.83. The molecule has 1 aliphatic heterocycles. The standard InChI is InChI=1S/C16H25N3O5S/c1-23-11-8-17-6-7-18-16(20)14-4-2-3-5-15(14)25(21,22)19-9-12-24-13-10-19/h2-5,17H,6-13H2,1H3,(H,18,20). The smallest absolute Gasteiger partial charge is 0.252 e. The molecule has 0 unspecified atom stereocenters. The summed E-state index contributed by atoms with van der Waals surface area (Å²) in [6, 6.07) is 6.28. The van der Waals surface area contributed by atoms with Gasteiger partial charge in [0.1, 0.15) is 0 Å². The number of hydrogen-bond acceptors (Lipinski definition) is 6. The normalized spacial score (nSPS) is 15.9. The van der Waals surface area contributed by atoms with Crippen molar-refractivity contribution in [3.63, 3.8) is 0 Å². The summed E-state index contributed by atoms with van der Waals surface area (Å²) in [5.41, 5.74) is 0.158. The highest BCUT2D eigenvalue weighted by molar-refractivity contribution is 7.89. The first-order valence-electron chi connectivity index (χ1n) is 8.22. The van der Waals surface area contributed by atoms with Crippen LogP contribution in [0.5, 0.6) is 0 Å². The van der Waals surface area contributed by atoms with E-state index in [1.54, 1.807) is 19.2 Å². The van der Waals surface area contributed by atoms with Crippen molar-refractivity contribution in [2.24, 2.45) is 0 Å². The monoisotopic (exact) mass is 371 g/mol. The van der Waals surface area contributed by atoms with Crippen molar-refractivity contribution in [3.05, 3.63) is 29.8 Å². The van der Waals surface area contributed by atoms with Gasteiger partial charge in [-0.3, -0.25) is 4.79 Å². The number of ether oxygens (including phenoxy) is 2. The highest BCUT2D eigenvalue weighted by atomic mass is 32.2. The highest BCUT2D eigenvalue weighted by Crippen LogP contribution is 2.21. The van der Waals surface area contributed by atoms with Crippen LogP contribution >= 0.6 is 0 Å². The molecule has 2 rings (SSSR count). The van der Waals surface area contributed by atoms with Crippen LogP contribution in [0.3, 0.4) is 0 Å². The maximum atomic E-state index is 12.8. The van der Waals surface area contributed by atoms with Gasteiger partial charge in [0.2, 0.25) is 10.0 Å². The van der Waals surface area contributed by atoms with Crippen molar-refractivity contribution >= 4 is 15.9 Å². The summed E-state index contributed by atoms with van der Waals surface area (Å²) >= 11 is 0. The molecular weight excluding hydrogens is 346 g/mol. The number of methoxy groups -OCH3 is 1. The molecule has 0 atom stereocenters. The molecule has 1 aliphatic rings. The van der Waals surface area contributed by atoms with Gasteiger partial charge in [0, 0.05) is 39.8 Å². The molecule has 0 spiro atoms. The second-order valence-electron chi connectivity index (χ2n) is 5.51. The van der Waals surface area contributed by atoms with E-state index in [1.165, 1.54) is 16.4 Å². The van der Waals surface area contributed by atoms with Gasteiger partial charge in [0.15, 0.2) is 0 Å². The predicted molar refractivity (Wildman–Crippen MR) is 93.1 cm³/mol. The Morgan fingerprint density at radius 3 is 2.64 bits per heavy atom. The van der Waals surface area contributed by atoms with Crippen LogP contribution < -0.4 is 10.6 Å². The Morgan fingerprint density at radius 2 is 1.92 bits per heavy atom. The minimum absolute atomic E-state index is 0.0294. The Balaban J connectivity index is 2.03. The third-order valence-corrected chi connectivity index (χ3v) is 5.75. The molecule has 1 fully saturated rings. The minimum atomic E-state index is -3.72. The van der Waals surface area contributed by atoms with Gasteiger partial charge in [-0.15, -0.1) is 0 Å². The van der Waals surface area contributed by atoms with Gasteiger partial charge < -0.3 is 20.1 Å². The number of sulfonamides is 1. The number of nitrogens with zero attached hydrogens (tertiary/aromatic N) is 1. The van der Waals surface area contributed by atoms with E-state index >= 15 is 0 Å². The number of morpholine rings is 1. The van der Waals surface area contributed by atoms with Gasteiger partial charge in [-0.25, -0.2) is 8.42 Å². The molecule has 0 aromatic heterocycles. The average molecular weight is 371 g/mol. The molecule has 1 amide bonds. The van der Waals surface area contributed by atoms with Crippen LogP contribution in [-0.2, 0) is 19.5 Å². The van der Waals surface area contributed by atoms with E-state index in [0.717, 1.165) is 0 Å². The van der Waals surface area contributed by atoms with Gasteiger partial charge in [-0.05, 0) is 12.1 Å². The zero-order valence-electron chi connectivity index (χ0n) is 14.4. The van der Waals surface area contributed by atoms with Crippen molar-refractivity contribution < 1.29 is 22.7 Å². The summed E-state index contributed by atoms with van der Waals surface area (Å²) in [4.78, 5) is 12.4. The molecule has 0 aliphatic carbocycles. The summed E-state index contributed by atoms with van der Waals surface area (Å²) in [6.45, 7) is 3.57. The molecule has 1 aromatic carbocycles. The van der Waals surface area contributed by atoms with Gasteiger partial charge in [-0.1, -0.05) is 12.1 Å². The van der Waals surface area contributed by atoms with Crippen LogP contribution in [0.15, 0.2) is 29.2 Å². The highest BCUT2D eigenvalue weighted by Gasteiger charge is 2.29. The number of amides is 1. The van der Waals surface area contributed by atoms with E-state index in [1.807, 2.05) is 0 Å². The third-order valence-electron chi connectivity index (χ3n) is 3.79. The number of benzene rings is 1. The average Bonchev–Trinajstić information content (AvgIpc) is 2.65. The molecule has 25 heavy (non-hydrogen) atoms. The quantitative estimate of drug-likeness (QED) is 0.577. The molecule has 2 N–H and O–H groups in total. The van der Waals surface area contributed by atoms with E-state index in [4.69, 9.17) is 9.47 Å². The second-order valence-corrected chi connectivity index (χ2v) is 7.42. The van der Waals surface area contributed by atoms with Gasteiger partial charge >= 0.3 is 0 Å². The van der Waals surface area contributed by atoms with Crippen LogP contribution in [0.1, 0.15) is 10.4 Å². The molecule has 8 nitrogen and oxygen atoms in total. The van der Waals surface area contributed by atoms with E-state index in [0.29, 0.717) is 52.5 Å². The van der Waals surface area contributed by atoms with Crippen LogP contribution in [0.2, 0.25) is 0 Å². The molecule has 0 saturated carbocycles. The van der Waals surface area contributed by atoms with Crippen molar-refractivity contribution in [1.82, 2.24) is 14.9 Å². The summed E-state index contributed by atoms with van der Waals surface area (Å²) in [6.07, 6.45) is 0. The van der Waals surface area contributed by atoms with Crippen molar-refractivity contribution in [2.75, 3.05) is 59.7 Å². The fourth-order valence-electron chi connectivity index (χ4n) is 2.46. The first kappa shape index (κ1) is 19.8. The number of nitrogens with one attached hydrogen (secondary N) is 2. The topological polar surface area (TPSA) is 97.0 Å². The number of carbonyl (C=O) groups excluding carboxylic acids is 1. The molecule has 1 heterocycles. The van der Waals surface area contributed by atoms with E-state index in [9.17, 15) is 13.2 Å². The van der Waals surface area contributed by atoms with Crippen molar-refractivity contribution in [3.8, 4) is 0 Å². The lowest BCUT2D eigenvalue weighted by molar-refractivity contribution is 0.0730. The fraction of sp³-hybridized carbons (Fsp3) is 0.562. The molecule has 0 radical (unpaired) electrons. The van der Waals surface area contributed by atoms with Crippen molar-refractivity contribution in [2.45, 2.75) is 4.90 Å². The largest absolute Gasteiger partial charge is 0.383 e. The first-order valence-corrected chi connectivity index (χ1v) is 9.66. The number of rotatable bonds is 9.